The summed E-state index contributed by atoms with van der Waals surface area (Å²) >= 11 is 0. The van der Waals surface area contributed by atoms with Gasteiger partial charge in [-0.15, -0.1) is 0 Å². The molecule has 0 bridgehead atoms. The van der Waals surface area contributed by atoms with Crippen LogP contribution in [0.3, 0.4) is 0 Å². The van der Waals surface area contributed by atoms with Crippen LogP contribution < -0.4 is 0 Å². The molecule has 3 rings (SSSR count). The zero-order chi connectivity index (χ0) is 19.9. The van der Waals surface area contributed by atoms with Crippen LogP contribution >= 0.6 is 0 Å². The third kappa shape index (κ3) is 5.35. The molecule has 0 heterocycles. The Morgan fingerprint density at radius 3 is 1.61 bits per heavy atom. The van der Waals surface area contributed by atoms with Gasteiger partial charge in [0.15, 0.2) is 0 Å². The molecule has 28 heavy (non-hydrogen) atoms. The van der Waals surface area contributed by atoms with Crippen molar-refractivity contribution in [1.29, 1.82) is 0 Å². The highest BCUT2D eigenvalue weighted by molar-refractivity contribution is 5.29. The third-order valence-electron chi connectivity index (χ3n) is 6.17. The number of hydrogen-bond acceptors (Lipinski definition) is 0. The first-order chi connectivity index (χ1) is 13.6. The fourth-order valence-electron chi connectivity index (χ4n) is 4.27. The first-order valence-corrected chi connectivity index (χ1v) is 10.7. The van der Waals surface area contributed by atoms with Crippen LogP contribution in [0.4, 0.5) is 0 Å². The minimum Gasteiger partial charge on any atom is -0.0648 e. The van der Waals surface area contributed by atoms with Crippen molar-refractivity contribution in [2.24, 2.45) is 0 Å². The van der Waals surface area contributed by atoms with Crippen molar-refractivity contribution in [2.45, 2.75) is 64.7 Å². The second-order valence-electron chi connectivity index (χ2n) is 8.41. The van der Waals surface area contributed by atoms with Crippen molar-refractivity contribution in [2.75, 3.05) is 0 Å². The van der Waals surface area contributed by atoms with Gasteiger partial charge in [0.2, 0.25) is 0 Å². The quantitative estimate of drug-likeness (QED) is 0.375. The van der Waals surface area contributed by atoms with Crippen molar-refractivity contribution < 1.29 is 0 Å². The summed E-state index contributed by atoms with van der Waals surface area (Å²) in [6, 6.07) is 29.4. The summed E-state index contributed by atoms with van der Waals surface area (Å²) < 4.78 is 0. The van der Waals surface area contributed by atoms with E-state index in [1.54, 1.807) is 0 Å². The van der Waals surface area contributed by atoms with E-state index in [0.29, 0.717) is 17.8 Å². The minimum atomic E-state index is 0.556. The maximum Gasteiger partial charge on any atom is -0.0150 e. The van der Waals surface area contributed by atoms with Crippen LogP contribution in [0.2, 0.25) is 0 Å². The summed E-state index contributed by atoms with van der Waals surface area (Å²) in [7, 11) is 0. The Balaban J connectivity index is 1.84. The van der Waals surface area contributed by atoms with E-state index >= 15 is 0 Å². The molecule has 0 fully saturated rings. The highest BCUT2D eigenvalue weighted by atomic mass is 14.3. The minimum absolute atomic E-state index is 0.556. The van der Waals surface area contributed by atoms with E-state index in [4.69, 9.17) is 0 Å². The van der Waals surface area contributed by atoms with Crippen LogP contribution in [0.25, 0.3) is 0 Å². The summed E-state index contributed by atoms with van der Waals surface area (Å²) in [6.45, 7) is 9.05. The molecule has 0 nitrogen and oxygen atoms in total. The summed E-state index contributed by atoms with van der Waals surface area (Å²) in [4.78, 5) is 0. The number of hydrogen-bond donors (Lipinski definition) is 0. The smallest absolute Gasteiger partial charge is 0.0150 e. The van der Waals surface area contributed by atoms with E-state index in [1.165, 1.54) is 47.1 Å². The number of benzene rings is 3. The second kappa shape index (κ2) is 9.73. The standard InChI is InChI=1S/C28H34/c1-5-24(26-9-7-6-8-10-26)20-28(27-17-13-22(3)14-18-27)19-23(4)25-15-11-21(2)12-16-25/h6-18,23-24,28H,5,19-20H2,1-4H3. The summed E-state index contributed by atoms with van der Waals surface area (Å²) in [5.74, 6) is 1.74. The van der Waals surface area contributed by atoms with Gasteiger partial charge in [0, 0.05) is 0 Å². The lowest BCUT2D eigenvalue weighted by Crippen LogP contribution is -2.10. The molecule has 0 saturated carbocycles. The van der Waals surface area contributed by atoms with Crippen LogP contribution in [-0.4, -0.2) is 0 Å². The van der Waals surface area contributed by atoms with Gasteiger partial charge in [0.1, 0.15) is 0 Å². The molecule has 146 valence electrons. The van der Waals surface area contributed by atoms with Crippen LogP contribution in [-0.2, 0) is 0 Å². The van der Waals surface area contributed by atoms with E-state index < -0.39 is 0 Å². The van der Waals surface area contributed by atoms with E-state index in [9.17, 15) is 0 Å². The molecule has 0 aliphatic heterocycles. The Kier molecular flexibility index (Phi) is 7.09. The van der Waals surface area contributed by atoms with Crippen molar-refractivity contribution in [1.82, 2.24) is 0 Å². The Morgan fingerprint density at radius 1 is 0.571 bits per heavy atom. The van der Waals surface area contributed by atoms with Crippen LogP contribution in [0, 0.1) is 13.8 Å². The topological polar surface area (TPSA) is 0 Å². The lowest BCUT2D eigenvalue weighted by atomic mass is 9.78. The molecule has 3 unspecified atom stereocenters. The van der Waals surface area contributed by atoms with Crippen LogP contribution in [0.15, 0.2) is 78.9 Å². The summed E-state index contributed by atoms with van der Waals surface area (Å²) in [5.41, 5.74) is 7.09. The molecular weight excluding hydrogens is 336 g/mol. The maximum atomic E-state index is 2.38. The van der Waals surface area contributed by atoms with Crippen molar-refractivity contribution in [3.05, 3.63) is 107 Å². The van der Waals surface area contributed by atoms with Gasteiger partial charge in [-0.2, -0.15) is 0 Å². The van der Waals surface area contributed by atoms with Gasteiger partial charge in [-0.3, -0.25) is 0 Å². The molecule has 3 atom stereocenters. The average molecular weight is 371 g/mol. The second-order valence-corrected chi connectivity index (χ2v) is 8.41. The van der Waals surface area contributed by atoms with Gasteiger partial charge >= 0.3 is 0 Å². The van der Waals surface area contributed by atoms with Crippen molar-refractivity contribution in [3.8, 4) is 0 Å². The van der Waals surface area contributed by atoms with E-state index in [1.807, 2.05) is 0 Å². The molecule has 0 N–H and O–H groups in total. The highest BCUT2D eigenvalue weighted by Crippen LogP contribution is 2.38. The van der Waals surface area contributed by atoms with E-state index in [2.05, 4.69) is 107 Å². The Morgan fingerprint density at radius 2 is 1.07 bits per heavy atom. The third-order valence-corrected chi connectivity index (χ3v) is 6.17. The van der Waals surface area contributed by atoms with Gasteiger partial charge in [-0.05, 0) is 67.6 Å². The predicted octanol–water partition coefficient (Wildman–Crippen LogP) is 8.16. The summed E-state index contributed by atoms with van der Waals surface area (Å²) in [5, 5.41) is 0. The molecule has 3 aromatic rings. The molecule has 0 spiro atoms. The van der Waals surface area contributed by atoms with Crippen LogP contribution in [0.1, 0.15) is 78.7 Å². The summed E-state index contributed by atoms with van der Waals surface area (Å²) in [6.07, 6.45) is 3.58. The normalized spacial score (nSPS) is 14.4. The van der Waals surface area contributed by atoms with Gasteiger partial charge in [-0.1, -0.05) is 104 Å². The Hall–Kier alpha value is -2.34. The molecule has 0 aliphatic rings. The Labute approximate surface area is 171 Å². The SMILES string of the molecule is CCC(CC(CC(C)c1ccc(C)cc1)c1ccc(C)cc1)c1ccccc1. The van der Waals surface area contributed by atoms with E-state index in [0.717, 1.165) is 0 Å². The van der Waals surface area contributed by atoms with Gasteiger partial charge in [-0.25, -0.2) is 0 Å². The maximum absolute atomic E-state index is 2.38. The molecule has 0 heteroatoms. The predicted molar refractivity (Wildman–Crippen MR) is 122 cm³/mol. The Bertz CT molecular complexity index is 827. The number of rotatable bonds is 8. The fraction of sp³-hybridized carbons (Fsp3) is 0.357. The molecule has 0 amide bonds. The molecule has 0 aromatic heterocycles. The largest absolute Gasteiger partial charge is 0.0648 e. The lowest BCUT2D eigenvalue weighted by molar-refractivity contribution is 0.467. The molecular formula is C28H34. The van der Waals surface area contributed by atoms with E-state index in [-0.39, 0.29) is 0 Å². The van der Waals surface area contributed by atoms with Gasteiger partial charge in [0.05, 0.1) is 0 Å². The van der Waals surface area contributed by atoms with Crippen molar-refractivity contribution >= 4 is 0 Å². The van der Waals surface area contributed by atoms with Gasteiger partial charge < -0.3 is 0 Å². The zero-order valence-electron chi connectivity index (χ0n) is 17.9. The van der Waals surface area contributed by atoms with Crippen LogP contribution in [0.5, 0.6) is 0 Å². The highest BCUT2D eigenvalue weighted by Gasteiger charge is 2.21. The molecule has 0 radical (unpaired) electrons. The monoisotopic (exact) mass is 370 g/mol. The number of aryl methyl sites for hydroxylation is 2. The average Bonchev–Trinajstić information content (AvgIpc) is 2.72. The van der Waals surface area contributed by atoms with Gasteiger partial charge in [0.25, 0.3) is 0 Å². The first-order valence-electron chi connectivity index (χ1n) is 10.7. The fourth-order valence-corrected chi connectivity index (χ4v) is 4.27. The molecule has 3 aromatic carbocycles. The zero-order valence-corrected chi connectivity index (χ0v) is 17.9. The molecule has 0 aliphatic carbocycles. The first kappa shape index (κ1) is 20.4. The molecule has 0 saturated heterocycles. The van der Waals surface area contributed by atoms with Crippen molar-refractivity contribution in [3.63, 3.8) is 0 Å². The lowest BCUT2D eigenvalue weighted by Gasteiger charge is -2.26.